The SMILES string of the molecule is CCCC[C@@H](C(=O)N1CCC[C@@H]1C(=O)N[C@H](C=O)CC(=O)O)N(C)C(=O)[C@H](Cc1ccccc1)N(C)C(=O)[C@H](Cc1ccc(F)cc1)NC(=O)CSC[C@H](NC(=O)[C@H](CC(C)C)NC(=O)[C@H](Cc1ccc(O)cc1)NC(=O)[C@H](Cc1c[nH]c2ccccc12)NC(=O)C1CCCN1C(=O)[C@H](CCC(=O)O)NC(=O)C(Cc1ccc(C)cc1)N(C)C(=O)[C@@H](N)C(C)C)C(=O)NCC(N)=O. The minimum Gasteiger partial charge on any atom is -0.508 e. The minimum atomic E-state index is -1.62. The van der Waals surface area contributed by atoms with Gasteiger partial charge in [-0.15, -0.1) is 11.8 Å². The first-order chi connectivity index (χ1) is 62.7. The number of nitrogens with one attached hydrogen (secondary N) is 9. The van der Waals surface area contributed by atoms with Gasteiger partial charge in [0.2, 0.25) is 82.7 Å². The molecular weight excluding hydrogens is 1720 g/mol. The minimum absolute atomic E-state index is 0.0298. The van der Waals surface area contributed by atoms with Crippen molar-refractivity contribution >= 4 is 124 Å². The summed E-state index contributed by atoms with van der Waals surface area (Å²) in [4.78, 5) is 249. The number of nitrogens with two attached hydrogens (primary N) is 2. The van der Waals surface area contributed by atoms with Crippen molar-refractivity contribution in [1.82, 2.24) is 72.0 Å². The molecule has 2 aliphatic heterocycles. The molecule has 2 aliphatic rings. The first kappa shape index (κ1) is 104. The second-order valence-corrected chi connectivity index (χ2v) is 35.4. The molecule has 2 fully saturated rings. The number of aliphatic carboxylic acids is 2. The van der Waals surface area contributed by atoms with E-state index >= 15 is 33.6 Å². The second kappa shape index (κ2) is 50.3. The number of unbranched alkanes of at least 4 members (excludes halogenated alkanes) is 1. The van der Waals surface area contributed by atoms with Crippen LogP contribution in [0.2, 0.25) is 0 Å². The van der Waals surface area contributed by atoms with Crippen molar-refractivity contribution in [2.75, 3.05) is 52.3 Å². The molecular formula is C94H123FN16O20S. The number of aldehydes is 1. The summed E-state index contributed by atoms with van der Waals surface area (Å²) in [7, 11) is 4.15. The molecule has 3 heterocycles. The monoisotopic (exact) mass is 1850 g/mol. The number of aromatic hydroxyl groups is 1. The number of phenols is 1. The van der Waals surface area contributed by atoms with Gasteiger partial charge in [-0.1, -0.05) is 150 Å². The number of hydrogen-bond acceptors (Lipinski definition) is 20. The lowest BCUT2D eigenvalue weighted by Gasteiger charge is -2.38. The molecule has 36 nitrogen and oxygen atoms in total. The number of carboxylic acid groups (broad SMARTS) is 2. The molecule has 16 N–H and O–H groups in total. The predicted molar refractivity (Wildman–Crippen MR) is 488 cm³/mol. The molecule has 13 atom stereocenters. The highest BCUT2D eigenvalue weighted by molar-refractivity contribution is 8.00. The van der Waals surface area contributed by atoms with Crippen molar-refractivity contribution in [3.8, 4) is 5.75 Å². The van der Waals surface area contributed by atoms with Crippen LogP contribution in [0.15, 0.2) is 134 Å². The van der Waals surface area contributed by atoms with E-state index in [0.717, 1.165) is 34.4 Å². The lowest BCUT2D eigenvalue weighted by Crippen LogP contribution is -2.61. The standard InChI is InChI=1S/C94H123FN16O20S/c1-10-11-23-75(93(130)111-41-18-24-73(111)87(124)100-63(51-112)48-81(118)119)107(7)92(129)77(46-57-19-13-12-14-20-57)109(9)90(127)71(44-58-30-34-62(95)35-31-58)101-79(115)53-132-52-72(83(120)99-50-78(96)114)106-84(121)68(42-54(2)3)103-85(122)69(43-59-32-36-64(113)37-33-59)104-86(123)70(47-61-49-98-66-22-16-15-21-65(61)66)105-88(125)74-25-17-40-110(74)91(128)67(38-39-80(116)117)102-89(126)76(45-60-28-26-56(6)27-29-60)108(8)94(131)82(97)55(4)5/h12-16,19-22,26-37,49,51,54-55,63,67-77,82,98,113H,10-11,17-18,23-25,38-48,50,52-53,97H2,1-9H3,(H2,96,114)(H,99,120)(H,100,124)(H,101,115)(H,102,126)(H,103,122)(H,104,123)(H,105,125)(H,106,121)(H,116,117)(H,118,119)/t63-,67-,68-,69-,70-,71-,72-,73+,74?,75-,76?,77-,82-/m0/s1. The summed E-state index contributed by atoms with van der Waals surface area (Å²) >= 11 is 0.781. The number of primary amides is 1. The summed E-state index contributed by atoms with van der Waals surface area (Å²) in [5, 5.41) is 51.6. The molecule has 712 valence electrons. The fourth-order valence-electron chi connectivity index (χ4n) is 15.9. The maximum absolute atomic E-state index is 15.5. The van der Waals surface area contributed by atoms with Gasteiger partial charge >= 0.3 is 11.9 Å². The summed E-state index contributed by atoms with van der Waals surface area (Å²) in [6.45, 7) is 10.00. The van der Waals surface area contributed by atoms with E-state index in [0.29, 0.717) is 58.0 Å². The van der Waals surface area contributed by atoms with Gasteiger partial charge in [-0.2, -0.15) is 0 Å². The molecule has 0 spiro atoms. The molecule has 0 radical (unpaired) electrons. The molecule has 8 rings (SSSR count). The quantitative estimate of drug-likeness (QED) is 0.0244. The summed E-state index contributed by atoms with van der Waals surface area (Å²) in [5.41, 5.74) is 15.9. The summed E-state index contributed by atoms with van der Waals surface area (Å²) < 4.78 is 14.5. The van der Waals surface area contributed by atoms with Gasteiger partial charge in [0.25, 0.3) is 0 Å². The number of amides is 14. The lowest BCUT2D eigenvalue weighted by atomic mass is 9.99. The van der Waals surface area contributed by atoms with Gasteiger partial charge in [0.05, 0.1) is 30.8 Å². The van der Waals surface area contributed by atoms with Gasteiger partial charge in [-0.05, 0) is 122 Å². The maximum Gasteiger partial charge on any atom is 0.305 e. The number of para-hydroxylation sites is 1. The number of fused-ring (bicyclic) bond motifs is 1. The molecule has 132 heavy (non-hydrogen) atoms. The van der Waals surface area contributed by atoms with Gasteiger partial charge in [0.15, 0.2) is 0 Å². The maximum atomic E-state index is 15.5. The number of halogens is 1. The predicted octanol–water partition coefficient (Wildman–Crippen LogP) is 2.78. The van der Waals surface area contributed by atoms with Crippen LogP contribution in [0, 0.1) is 24.6 Å². The number of likely N-dealkylation sites (N-methyl/N-ethyl adjacent to an activating group) is 3. The van der Waals surface area contributed by atoms with Crippen LogP contribution in [-0.4, -0.2) is 277 Å². The number of aromatic amines is 1. The molecule has 2 saturated heterocycles. The van der Waals surface area contributed by atoms with E-state index in [1.807, 2.05) is 26.0 Å². The number of hydrogen-bond donors (Lipinski definition) is 14. The normalized spacial score (nSPS) is 16.1. The Hall–Kier alpha value is -13.1. The zero-order valence-corrected chi connectivity index (χ0v) is 76.6. The van der Waals surface area contributed by atoms with Gasteiger partial charge in [-0.25, -0.2) is 4.39 Å². The van der Waals surface area contributed by atoms with E-state index in [1.165, 1.54) is 77.1 Å². The number of rotatable bonds is 50. The van der Waals surface area contributed by atoms with Crippen LogP contribution in [-0.2, 0) is 114 Å². The lowest BCUT2D eigenvalue weighted by molar-refractivity contribution is -0.152. The number of benzene rings is 5. The van der Waals surface area contributed by atoms with E-state index in [4.69, 9.17) is 11.5 Å². The van der Waals surface area contributed by atoms with Crippen molar-refractivity contribution in [3.63, 3.8) is 0 Å². The number of nitrogens with zero attached hydrogens (tertiary/aromatic N) is 5. The summed E-state index contributed by atoms with van der Waals surface area (Å²) in [5.74, 6) is -16.7. The number of carboxylic acids is 2. The smallest absolute Gasteiger partial charge is 0.305 e. The largest absolute Gasteiger partial charge is 0.508 e. The number of aryl methyl sites for hydroxylation is 1. The highest BCUT2D eigenvalue weighted by atomic mass is 32.2. The van der Waals surface area contributed by atoms with Gasteiger partial charge in [-0.3, -0.25) is 76.7 Å². The second-order valence-electron chi connectivity index (χ2n) is 34.4. The van der Waals surface area contributed by atoms with Gasteiger partial charge < -0.3 is 104 Å². The van der Waals surface area contributed by atoms with Crippen LogP contribution in [0.4, 0.5) is 4.39 Å². The molecule has 1 aromatic heterocycles. The molecule has 38 heteroatoms. The average Bonchev–Trinajstić information content (AvgIpc) is 1.60. The highest BCUT2D eigenvalue weighted by Gasteiger charge is 2.45. The van der Waals surface area contributed by atoms with Gasteiger partial charge in [0, 0.05) is 95.6 Å². The van der Waals surface area contributed by atoms with Crippen LogP contribution in [0.3, 0.4) is 0 Å². The van der Waals surface area contributed by atoms with E-state index in [9.17, 15) is 67.7 Å². The highest BCUT2D eigenvalue weighted by Crippen LogP contribution is 2.28. The summed E-state index contributed by atoms with van der Waals surface area (Å²) in [6, 6.07) is 15.5. The Morgan fingerprint density at radius 2 is 1.08 bits per heavy atom. The third-order valence-electron chi connectivity index (χ3n) is 23.5. The van der Waals surface area contributed by atoms with Crippen LogP contribution in [0.1, 0.15) is 139 Å². The number of carbonyl (C=O) groups excluding carboxylic acids is 15. The first-order valence-corrected chi connectivity index (χ1v) is 45.4. The Morgan fingerprint density at radius 1 is 0.553 bits per heavy atom. The van der Waals surface area contributed by atoms with E-state index in [-0.39, 0.29) is 95.3 Å². The van der Waals surface area contributed by atoms with Crippen molar-refractivity contribution in [2.24, 2.45) is 23.3 Å². The van der Waals surface area contributed by atoms with Crippen molar-refractivity contribution in [2.45, 2.75) is 223 Å². The van der Waals surface area contributed by atoms with E-state index in [2.05, 4.69) is 47.5 Å². The molecule has 2 unspecified atom stereocenters. The van der Waals surface area contributed by atoms with Crippen molar-refractivity contribution in [1.29, 1.82) is 0 Å². The Morgan fingerprint density at radius 3 is 1.67 bits per heavy atom. The third kappa shape index (κ3) is 30.5. The number of phenolic OH excluding ortho intramolecular Hbond substituents is 1. The van der Waals surface area contributed by atoms with Crippen molar-refractivity contribution in [3.05, 3.63) is 173 Å². The Kier molecular flexibility index (Phi) is 39.7. The molecule has 0 aliphatic carbocycles. The zero-order valence-electron chi connectivity index (χ0n) is 75.7. The number of H-pyrrole nitrogens is 1. The van der Waals surface area contributed by atoms with Crippen LogP contribution in [0.5, 0.6) is 5.75 Å². The molecule has 14 amide bonds. The fourth-order valence-corrected chi connectivity index (χ4v) is 16.8. The molecule has 0 saturated carbocycles. The first-order valence-electron chi connectivity index (χ1n) is 44.2. The number of aromatic nitrogens is 1. The molecule has 5 aromatic carbocycles. The number of carbonyl (C=O) groups is 17. The van der Waals surface area contributed by atoms with Crippen LogP contribution >= 0.6 is 11.8 Å². The Balaban J connectivity index is 1.03. The van der Waals surface area contributed by atoms with Crippen LogP contribution < -0.4 is 54.0 Å². The summed E-state index contributed by atoms with van der Waals surface area (Å²) in [6.07, 6.45) is 0.969. The zero-order chi connectivity index (χ0) is 96.7. The van der Waals surface area contributed by atoms with E-state index < -0.39 is 222 Å². The van der Waals surface area contributed by atoms with Crippen LogP contribution in [0.25, 0.3) is 10.9 Å². The topological polar surface area (TPSA) is 531 Å². The Bertz CT molecular complexity index is 5050. The fraction of sp³-hybridized carbons (Fsp3) is 0.479. The number of likely N-dealkylation sites (tertiary alicyclic amines) is 2. The molecule has 6 aromatic rings. The number of thioether (sulfide) groups is 1. The third-order valence-corrected chi connectivity index (χ3v) is 24.5. The van der Waals surface area contributed by atoms with E-state index in [1.54, 1.807) is 101 Å². The Labute approximate surface area is 769 Å². The van der Waals surface area contributed by atoms with Gasteiger partial charge in [0.1, 0.15) is 84.3 Å². The average molecular weight is 1850 g/mol. The van der Waals surface area contributed by atoms with Crippen molar-refractivity contribution < 1.29 is 101 Å². The molecule has 0 bridgehead atoms.